The molecule has 56 heavy (non-hydrogen) atoms. The van der Waals surface area contributed by atoms with E-state index >= 15 is 0 Å². The van der Waals surface area contributed by atoms with Gasteiger partial charge in [-0.05, 0) is 92.6 Å². The molecule has 16 heteroatoms. The predicted octanol–water partition coefficient (Wildman–Crippen LogP) is 11.2. The Morgan fingerprint density at radius 3 is 2.00 bits per heavy atom. The molecule has 0 radical (unpaired) electrons. The van der Waals surface area contributed by atoms with Crippen LogP contribution < -0.4 is 4.90 Å². The molecule has 314 valence electrons. The summed E-state index contributed by atoms with van der Waals surface area (Å²) < 4.78 is 28.2. The molecule has 11 nitrogen and oxygen atoms in total. The van der Waals surface area contributed by atoms with E-state index in [0.29, 0.717) is 33.3 Å². The van der Waals surface area contributed by atoms with Gasteiger partial charge < -0.3 is 28.4 Å². The molecular weight excluding hydrogens is 841 g/mol. The number of rotatable bonds is 16. The number of aromatic nitrogens is 4. The first-order valence-electron chi connectivity index (χ1n) is 20.4. The zero-order chi connectivity index (χ0) is 41.4. The molecular formula is C40H69BrN6O5SSi3. The smallest absolute Gasteiger partial charge is 0.410 e. The monoisotopic (exact) mass is 908 g/mol. The van der Waals surface area contributed by atoms with Gasteiger partial charge in [0.15, 0.2) is 19.8 Å². The molecule has 2 bridgehead atoms. The van der Waals surface area contributed by atoms with Crippen molar-refractivity contribution in [1.29, 1.82) is 0 Å². The van der Waals surface area contributed by atoms with E-state index in [9.17, 15) is 4.79 Å². The van der Waals surface area contributed by atoms with Gasteiger partial charge in [0.05, 0.1) is 33.4 Å². The maximum atomic E-state index is 13.4. The topological polar surface area (TPSA) is 104 Å². The Morgan fingerprint density at radius 2 is 1.48 bits per heavy atom. The summed E-state index contributed by atoms with van der Waals surface area (Å²) in [6.45, 7) is 34.0. The highest BCUT2D eigenvalue weighted by molar-refractivity contribution is 9.10. The second-order valence-electron chi connectivity index (χ2n) is 20.8. The number of fused-ring (bicyclic) bond motifs is 3. The molecule has 0 spiro atoms. The Hall–Kier alpha value is -1.67. The van der Waals surface area contributed by atoms with Crippen LogP contribution in [0, 0.1) is 0 Å². The summed E-state index contributed by atoms with van der Waals surface area (Å²) in [5, 5.41) is 6.07. The summed E-state index contributed by atoms with van der Waals surface area (Å²) in [7, 11) is -4.54. The Morgan fingerprint density at radius 1 is 0.911 bits per heavy atom. The quantitative estimate of drug-likeness (QED) is 0.0789. The zero-order valence-corrected chi connectivity index (χ0v) is 42.1. The van der Waals surface area contributed by atoms with Gasteiger partial charge in [-0.2, -0.15) is 9.61 Å². The Labute approximate surface area is 351 Å². The van der Waals surface area contributed by atoms with Crippen LogP contribution in [0.25, 0.3) is 16.1 Å². The van der Waals surface area contributed by atoms with Gasteiger partial charge in [0.1, 0.15) is 24.1 Å². The fraction of sp³-hybridized carbons (Fsp3) is 0.750. The van der Waals surface area contributed by atoms with E-state index in [1.54, 1.807) is 11.3 Å². The number of piperidine rings is 1. The number of halogens is 1. The van der Waals surface area contributed by atoms with Crippen molar-refractivity contribution in [2.45, 2.75) is 167 Å². The molecule has 0 aliphatic carbocycles. The minimum absolute atomic E-state index is 0.0993. The van der Waals surface area contributed by atoms with Crippen molar-refractivity contribution in [3.8, 4) is 10.4 Å². The van der Waals surface area contributed by atoms with E-state index < -0.39 is 30.1 Å². The predicted molar refractivity (Wildman–Crippen MR) is 241 cm³/mol. The molecule has 0 saturated carbocycles. The number of carbonyl (C=O) groups excluding carboxylic acids is 1. The summed E-state index contributed by atoms with van der Waals surface area (Å²) in [6.07, 6.45) is 7.21. The van der Waals surface area contributed by atoms with Crippen molar-refractivity contribution < 1.29 is 23.4 Å². The van der Waals surface area contributed by atoms with Crippen molar-refractivity contribution in [2.75, 3.05) is 31.6 Å². The average Bonchev–Trinajstić information content (AvgIpc) is 3.76. The maximum absolute atomic E-state index is 13.4. The molecule has 2 fully saturated rings. The SMILES string of the molecule is CC(C)(C)OC(=O)N1[C@@H]2CC[C@H]1C[C@@H](c1nc3c(-c4cnc(CO[Si](C)(C)C(C)(C)C)s4)cnn3c(N(COCC[Si](C)(C)C)COCC[Si](C)(C)C)c1Br)C2. The first-order valence-corrected chi connectivity index (χ1v) is 32.3. The first-order chi connectivity index (χ1) is 25.8. The van der Waals surface area contributed by atoms with Crippen LogP contribution in [-0.2, 0) is 25.2 Å². The number of ether oxygens (including phenoxy) is 3. The van der Waals surface area contributed by atoms with Crippen LogP contribution in [-0.4, -0.2) is 99.4 Å². The minimum atomic E-state index is -1.95. The van der Waals surface area contributed by atoms with Crippen molar-refractivity contribution in [3.05, 3.63) is 27.6 Å². The first kappa shape index (κ1) is 45.4. The standard InChI is InChI=1S/C40H69BrN6O5SSi3/c1-39(2,3)52-38(48)46-29-15-16-30(46)22-28(21-29)35-34(41)37(45(26-49-17-19-54(7,8)9)27-50-18-20-55(10,11)12)47-36(44-35)31(23-43-47)32-24-42-33(53-32)25-51-56(13,14)40(4,5)6/h23-24,28-30H,15-22,25-27H2,1-14H3/t28-,29+,30-. The molecule has 3 aromatic rings. The molecule has 1 amide bonds. The summed E-state index contributed by atoms with van der Waals surface area (Å²) in [6, 6.07) is 2.35. The third kappa shape index (κ3) is 11.5. The van der Waals surface area contributed by atoms with E-state index in [4.69, 9.17) is 33.7 Å². The zero-order valence-electron chi connectivity index (χ0n) is 36.7. The second-order valence-corrected chi connectivity index (χ2v) is 38.7. The fourth-order valence-electron chi connectivity index (χ4n) is 6.93. The van der Waals surface area contributed by atoms with Crippen LogP contribution in [0.15, 0.2) is 16.9 Å². The summed E-state index contributed by atoms with van der Waals surface area (Å²) in [4.78, 5) is 28.9. The fourth-order valence-corrected chi connectivity index (χ4v) is 11.1. The lowest BCUT2D eigenvalue weighted by Gasteiger charge is -2.39. The average molecular weight is 910 g/mol. The maximum Gasteiger partial charge on any atom is 0.410 e. The number of amides is 1. The van der Waals surface area contributed by atoms with Gasteiger partial charge in [0.25, 0.3) is 0 Å². The number of anilines is 1. The summed E-state index contributed by atoms with van der Waals surface area (Å²) in [5.41, 5.74) is 2.15. The number of thiazole rings is 1. The van der Waals surface area contributed by atoms with E-state index in [2.05, 4.69) is 94.0 Å². The highest BCUT2D eigenvalue weighted by Gasteiger charge is 2.46. The van der Waals surface area contributed by atoms with E-state index in [1.165, 1.54) is 0 Å². The molecule has 0 unspecified atom stereocenters. The number of nitrogens with zero attached hydrogens (tertiary/aromatic N) is 6. The van der Waals surface area contributed by atoms with Gasteiger partial charge in [-0.1, -0.05) is 60.1 Å². The van der Waals surface area contributed by atoms with Crippen molar-refractivity contribution in [2.24, 2.45) is 0 Å². The van der Waals surface area contributed by atoms with E-state index in [1.807, 2.05) is 42.6 Å². The molecule has 0 N–H and O–H groups in total. The van der Waals surface area contributed by atoms with Crippen LogP contribution in [0.4, 0.5) is 10.6 Å². The molecule has 2 saturated heterocycles. The largest absolute Gasteiger partial charge is 0.444 e. The highest BCUT2D eigenvalue weighted by Crippen LogP contribution is 2.47. The van der Waals surface area contributed by atoms with E-state index in [-0.39, 0.29) is 29.1 Å². The third-order valence-corrected chi connectivity index (χ3v) is 20.9. The molecule has 2 aliphatic heterocycles. The molecule has 2 aliphatic rings. The summed E-state index contributed by atoms with van der Waals surface area (Å²) >= 11 is 5.74. The van der Waals surface area contributed by atoms with Crippen LogP contribution in [0.3, 0.4) is 0 Å². The number of hydrogen-bond donors (Lipinski definition) is 0. The van der Waals surface area contributed by atoms with Gasteiger partial charge in [-0.25, -0.2) is 14.8 Å². The van der Waals surface area contributed by atoms with Gasteiger partial charge in [0.2, 0.25) is 0 Å². The van der Waals surface area contributed by atoms with Crippen molar-refractivity contribution >= 4 is 69.3 Å². The number of hydrogen-bond acceptors (Lipinski definition) is 10. The van der Waals surface area contributed by atoms with Crippen molar-refractivity contribution in [1.82, 2.24) is 24.5 Å². The summed E-state index contributed by atoms with van der Waals surface area (Å²) in [5.74, 6) is 0.995. The number of carbonyl (C=O) groups is 1. The molecule has 5 heterocycles. The normalized spacial score (nSPS) is 19.6. The van der Waals surface area contributed by atoms with Crippen molar-refractivity contribution in [3.63, 3.8) is 0 Å². The van der Waals surface area contributed by atoms with Crippen LogP contribution in [0.1, 0.15) is 83.8 Å². The lowest BCUT2D eigenvalue weighted by Crippen LogP contribution is -2.48. The lowest BCUT2D eigenvalue weighted by molar-refractivity contribution is 0.00566. The Kier molecular flexibility index (Phi) is 14.2. The molecule has 5 rings (SSSR count). The molecule has 0 aromatic carbocycles. The highest BCUT2D eigenvalue weighted by atomic mass is 79.9. The van der Waals surface area contributed by atoms with Gasteiger partial charge in [0, 0.05) is 53.6 Å². The van der Waals surface area contributed by atoms with Gasteiger partial charge in [-0.3, -0.25) is 0 Å². The third-order valence-electron chi connectivity index (χ3n) is 11.3. The van der Waals surface area contributed by atoms with Crippen LogP contribution >= 0.6 is 27.3 Å². The van der Waals surface area contributed by atoms with Gasteiger partial charge in [-0.15, -0.1) is 11.3 Å². The lowest BCUT2D eigenvalue weighted by atomic mass is 9.88. The molecule has 3 atom stereocenters. The van der Waals surface area contributed by atoms with Gasteiger partial charge >= 0.3 is 6.09 Å². The van der Waals surface area contributed by atoms with Crippen LogP contribution in [0.2, 0.25) is 69.5 Å². The molecule has 3 aromatic heterocycles. The van der Waals surface area contributed by atoms with E-state index in [0.717, 1.165) is 74.9 Å². The Balaban J connectivity index is 1.54. The second kappa shape index (κ2) is 17.5. The van der Waals surface area contributed by atoms with Crippen LogP contribution in [0.5, 0.6) is 0 Å². The minimum Gasteiger partial charge on any atom is -0.444 e. The Bertz CT molecular complexity index is 1780.